The molecule has 0 nitrogen and oxygen atoms in total. The molecule has 0 heterocycles. The van der Waals surface area contributed by atoms with Crippen LogP contribution in [0.15, 0.2) is 23.3 Å². The van der Waals surface area contributed by atoms with Gasteiger partial charge in [0, 0.05) is 0 Å². The van der Waals surface area contributed by atoms with E-state index in [-0.39, 0.29) is 0 Å². The first-order chi connectivity index (χ1) is 7.31. The molecular weight excluding hydrogens is 180 g/mol. The van der Waals surface area contributed by atoms with Gasteiger partial charge in [-0.1, -0.05) is 43.6 Å². The fraction of sp³-hybridized carbons (Fsp3) is 0.733. The first-order valence-corrected chi connectivity index (χ1v) is 6.71. The SMILES string of the molecule is CC[C@@H]1C[C@@H]2C(=CC=C3CCC[C@H]32)[C@@H]1C. The third kappa shape index (κ3) is 1.33. The molecule has 4 atom stereocenters. The minimum absolute atomic E-state index is 0.860. The van der Waals surface area contributed by atoms with Crippen LogP contribution in [-0.2, 0) is 0 Å². The van der Waals surface area contributed by atoms with E-state index in [1.807, 2.05) is 0 Å². The van der Waals surface area contributed by atoms with Crippen molar-refractivity contribution in [2.75, 3.05) is 0 Å². The van der Waals surface area contributed by atoms with Crippen LogP contribution in [-0.4, -0.2) is 0 Å². The molecular formula is C15H22. The van der Waals surface area contributed by atoms with Crippen LogP contribution >= 0.6 is 0 Å². The van der Waals surface area contributed by atoms with E-state index in [2.05, 4.69) is 26.0 Å². The van der Waals surface area contributed by atoms with Gasteiger partial charge in [-0.25, -0.2) is 0 Å². The Morgan fingerprint density at radius 1 is 1.27 bits per heavy atom. The predicted molar refractivity (Wildman–Crippen MR) is 64.6 cm³/mol. The van der Waals surface area contributed by atoms with Gasteiger partial charge in [0.25, 0.3) is 0 Å². The Morgan fingerprint density at radius 3 is 2.93 bits per heavy atom. The second-order valence-corrected chi connectivity index (χ2v) is 5.71. The smallest absolute Gasteiger partial charge is 0.0129 e. The van der Waals surface area contributed by atoms with Gasteiger partial charge < -0.3 is 0 Å². The van der Waals surface area contributed by atoms with Gasteiger partial charge in [0.1, 0.15) is 0 Å². The van der Waals surface area contributed by atoms with E-state index in [4.69, 9.17) is 0 Å². The molecule has 3 rings (SSSR count). The predicted octanol–water partition coefficient (Wildman–Crippen LogP) is 4.34. The Balaban J connectivity index is 1.91. The molecule has 0 aromatic rings. The maximum absolute atomic E-state index is 2.47. The highest BCUT2D eigenvalue weighted by Gasteiger charge is 2.42. The molecule has 0 radical (unpaired) electrons. The van der Waals surface area contributed by atoms with Crippen molar-refractivity contribution >= 4 is 0 Å². The minimum atomic E-state index is 0.860. The first-order valence-electron chi connectivity index (χ1n) is 6.71. The van der Waals surface area contributed by atoms with Crippen molar-refractivity contribution in [3.8, 4) is 0 Å². The molecule has 2 saturated carbocycles. The van der Waals surface area contributed by atoms with Crippen molar-refractivity contribution in [2.45, 2.75) is 46.0 Å². The Kier molecular flexibility index (Phi) is 2.26. The number of hydrogen-bond donors (Lipinski definition) is 0. The largest absolute Gasteiger partial charge is 0.0665 e. The van der Waals surface area contributed by atoms with E-state index >= 15 is 0 Å². The molecule has 0 spiro atoms. The van der Waals surface area contributed by atoms with Crippen LogP contribution in [0.25, 0.3) is 0 Å². The van der Waals surface area contributed by atoms with Gasteiger partial charge >= 0.3 is 0 Å². The van der Waals surface area contributed by atoms with Crippen LogP contribution in [0.2, 0.25) is 0 Å². The van der Waals surface area contributed by atoms with E-state index in [1.165, 1.54) is 32.1 Å². The Morgan fingerprint density at radius 2 is 2.13 bits per heavy atom. The molecule has 82 valence electrons. The fourth-order valence-electron chi connectivity index (χ4n) is 4.24. The van der Waals surface area contributed by atoms with Crippen molar-refractivity contribution in [3.63, 3.8) is 0 Å². The minimum Gasteiger partial charge on any atom is -0.0665 e. The standard InChI is InChI=1S/C15H22/c1-3-11-9-15-13(10(11)2)8-7-12-5-4-6-14(12)15/h7-8,10-11,14-15H,3-6,9H2,1-2H3/t10-,11-,14-,15-/m1/s1. The molecule has 3 aliphatic carbocycles. The maximum atomic E-state index is 2.47. The zero-order valence-corrected chi connectivity index (χ0v) is 10.00. The second-order valence-electron chi connectivity index (χ2n) is 5.71. The van der Waals surface area contributed by atoms with Gasteiger partial charge in [-0.15, -0.1) is 0 Å². The number of fused-ring (bicyclic) bond motifs is 3. The number of rotatable bonds is 1. The summed E-state index contributed by atoms with van der Waals surface area (Å²) in [4.78, 5) is 0. The second kappa shape index (κ2) is 3.50. The lowest BCUT2D eigenvalue weighted by molar-refractivity contribution is 0.384. The summed E-state index contributed by atoms with van der Waals surface area (Å²) in [5.74, 6) is 3.71. The summed E-state index contributed by atoms with van der Waals surface area (Å²) in [6.45, 7) is 4.82. The van der Waals surface area contributed by atoms with Crippen LogP contribution in [0.5, 0.6) is 0 Å². The molecule has 2 fully saturated rings. The highest BCUT2D eigenvalue weighted by Crippen LogP contribution is 2.53. The van der Waals surface area contributed by atoms with E-state index in [9.17, 15) is 0 Å². The molecule has 0 aromatic heterocycles. The average molecular weight is 202 g/mol. The summed E-state index contributed by atoms with van der Waals surface area (Å²) in [6, 6.07) is 0. The van der Waals surface area contributed by atoms with Gasteiger partial charge in [-0.2, -0.15) is 0 Å². The van der Waals surface area contributed by atoms with E-state index < -0.39 is 0 Å². The summed E-state index contributed by atoms with van der Waals surface area (Å²) in [7, 11) is 0. The van der Waals surface area contributed by atoms with Crippen LogP contribution < -0.4 is 0 Å². The number of hydrogen-bond acceptors (Lipinski definition) is 0. The van der Waals surface area contributed by atoms with Gasteiger partial charge in [0.15, 0.2) is 0 Å². The van der Waals surface area contributed by atoms with Crippen LogP contribution in [0.4, 0.5) is 0 Å². The summed E-state index contributed by atoms with van der Waals surface area (Å²) in [6.07, 6.45) is 12.1. The molecule has 0 amide bonds. The normalized spacial score (nSPS) is 43.3. The van der Waals surface area contributed by atoms with Crippen molar-refractivity contribution in [2.24, 2.45) is 23.7 Å². The highest BCUT2D eigenvalue weighted by molar-refractivity contribution is 5.34. The Bertz CT molecular complexity index is 321. The topological polar surface area (TPSA) is 0 Å². The lowest BCUT2D eigenvalue weighted by Gasteiger charge is -2.26. The van der Waals surface area contributed by atoms with Gasteiger partial charge in [0.2, 0.25) is 0 Å². The van der Waals surface area contributed by atoms with E-state index in [1.54, 1.807) is 11.1 Å². The maximum Gasteiger partial charge on any atom is -0.0129 e. The molecule has 0 aromatic carbocycles. The Hall–Kier alpha value is -0.520. The van der Waals surface area contributed by atoms with Crippen LogP contribution in [0.1, 0.15) is 46.0 Å². The van der Waals surface area contributed by atoms with E-state index in [0.29, 0.717) is 0 Å². The Labute approximate surface area is 93.5 Å². The van der Waals surface area contributed by atoms with Gasteiger partial charge in [0.05, 0.1) is 0 Å². The highest BCUT2D eigenvalue weighted by atomic mass is 14.5. The summed E-state index contributed by atoms with van der Waals surface area (Å²) in [5.41, 5.74) is 3.56. The molecule has 0 saturated heterocycles. The van der Waals surface area contributed by atoms with Crippen molar-refractivity contribution in [3.05, 3.63) is 23.3 Å². The molecule has 15 heavy (non-hydrogen) atoms. The lowest BCUT2D eigenvalue weighted by atomic mass is 9.79. The third-order valence-electron chi connectivity index (χ3n) is 5.17. The molecule has 0 unspecified atom stereocenters. The van der Waals surface area contributed by atoms with E-state index in [0.717, 1.165) is 23.7 Å². The zero-order valence-electron chi connectivity index (χ0n) is 10.00. The van der Waals surface area contributed by atoms with Gasteiger partial charge in [-0.3, -0.25) is 0 Å². The van der Waals surface area contributed by atoms with Crippen molar-refractivity contribution in [1.29, 1.82) is 0 Å². The summed E-state index contributed by atoms with van der Waals surface area (Å²) < 4.78 is 0. The molecule has 0 aliphatic heterocycles. The molecule has 3 aliphatic rings. The van der Waals surface area contributed by atoms with Crippen molar-refractivity contribution < 1.29 is 0 Å². The number of allylic oxidation sites excluding steroid dienone is 4. The quantitative estimate of drug-likeness (QED) is 0.593. The van der Waals surface area contributed by atoms with Crippen LogP contribution in [0, 0.1) is 23.7 Å². The average Bonchev–Trinajstić information content (AvgIpc) is 2.82. The third-order valence-corrected chi connectivity index (χ3v) is 5.17. The lowest BCUT2D eigenvalue weighted by Crippen LogP contribution is -2.15. The monoisotopic (exact) mass is 202 g/mol. The summed E-state index contributed by atoms with van der Waals surface area (Å²) in [5, 5.41) is 0. The summed E-state index contributed by atoms with van der Waals surface area (Å²) >= 11 is 0. The first kappa shape index (κ1) is 9.69. The molecule has 0 heteroatoms. The van der Waals surface area contributed by atoms with Crippen LogP contribution in [0.3, 0.4) is 0 Å². The van der Waals surface area contributed by atoms with Crippen molar-refractivity contribution in [1.82, 2.24) is 0 Å². The zero-order chi connectivity index (χ0) is 10.4. The molecule has 0 bridgehead atoms. The fourth-order valence-corrected chi connectivity index (χ4v) is 4.24. The van der Waals surface area contributed by atoms with Gasteiger partial charge in [-0.05, 0) is 49.4 Å². The molecule has 0 N–H and O–H groups in total.